The first kappa shape index (κ1) is 24.5. The maximum atomic E-state index is 10.3. The smallest absolute Gasteiger partial charge is 0.193 e. The summed E-state index contributed by atoms with van der Waals surface area (Å²) >= 11 is 0. The van der Waals surface area contributed by atoms with E-state index in [2.05, 4.69) is 6.58 Å². The molecule has 3 aliphatic heterocycles. The molecule has 182 valence electrons. The zero-order valence-corrected chi connectivity index (χ0v) is 19.6. The number of allylic oxidation sites excluding steroid dienone is 2. The van der Waals surface area contributed by atoms with Crippen molar-refractivity contribution >= 4 is 0 Å². The number of aliphatic hydroxyl groups excluding tert-OH is 1. The van der Waals surface area contributed by atoms with Crippen LogP contribution in [-0.2, 0) is 39.8 Å². The Morgan fingerprint density at radius 3 is 2.45 bits per heavy atom. The average molecular weight is 463 g/mol. The van der Waals surface area contributed by atoms with Gasteiger partial charge in [-0.1, -0.05) is 55.1 Å². The Kier molecular flexibility index (Phi) is 7.38. The molecule has 1 aromatic rings. The molecule has 0 bridgehead atoms. The summed E-state index contributed by atoms with van der Waals surface area (Å²) in [6, 6.07) is 9.89. The molecule has 4 rings (SSSR count). The molecular formula is C25H34O8. The summed E-state index contributed by atoms with van der Waals surface area (Å²) in [5.41, 5.74) is 1.04. The lowest BCUT2D eigenvalue weighted by molar-refractivity contribution is -0.307. The van der Waals surface area contributed by atoms with E-state index in [1.807, 2.05) is 50.3 Å². The van der Waals surface area contributed by atoms with Gasteiger partial charge in [0.15, 0.2) is 24.2 Å². The van der Waals surface area contributed by atoms with Gasteiger partial charge in [-0.05, 0) is 33.3 Å². The molecule has 1 unspecified atom stereocenters. The van der Waals surface area contributed by atoms with Gasteiger partial charge in [0.25, 0.3) is 0 Å². The molecule has 3 fully saturated rings. The zero-order valence-electron chi connectivity index (χ0n) is 19.6. The molecule has 0 aliphatic carbocycles. The molecule has 8 nitrogen and oxygen atoms in total. The van der Waals surface area contributed by atoms with Crippen LogP contribution in [0, 0.1) is 0 Å². The SMILES string of the molecule is C=C/C=C/[C@@H](OCc1ccccc1)[C@H]1OC(C)(C)O[C@H]1OC1OC[C@@H](O)[C@H]2OC(C)(C)O[C@H]12. The number of benzene rings is 1. The van der Waals surface area contributed by atoms with Crippen LogP contribution in [0.15, 0.2) is 55.1 Å². The quantitative estimate of drug-likeness (QED) is 0.590. The van der Waals surface area contributed by atoms with Crippen molar-refractivity contribution in [2.75, 3.05) is 6.61 Å². The van der Waals surface area contributed by atoms with Crippen LogP contribution < -0.4 is 0 Å². The molecule has 0 saturated carbocycles. The summed E-state index contributed by atoms with van der Waals surface area (Å²) in [7, 11) is 0. The highest BCUT2D eigenvalue weighted by Crippen LogP contribution is 2.39. The van der Waals surface area contributed by atoms with Gasteiger partial charge in [-0.15, -0.1) is 0 Å². The summed E-state index contributed by atoms with van der Waals surface area (Å²) in [5.74, 6) is -1.75. The third-order valence-electron chi connectivity index (χ3n) is 5.64. The van der Waals surface area contributed by atoms with Crippen LogP contribution in [0.2, 0.25) is 0 Å². The van der Waals surface area contributed by atoms with Gasteiger partial charge in [0.2, 0.25) is 0 Å². The van der Waals surface area contributed by atoms with Gasteiger partial charge < -0.3 is 38.3 Å². The number of fused-ring (bicyclic) bond motifs is 1. The molecule has 0 amide bonds. The number of aliphatic hydroxyl groups is 1. The second kappa shape index (κ2) is 9.93. The number of rotatable bonds is 8. The Morgan fingerprint density at radius 1 is 1.03 bits per heavy atom. The lowest BCUT2D eigenvalue weighted by Gasteiger charge is -2.36. The van der Waals surface area contributed by atoms with Crippen LogP contribution in [0.1, 0.15) is 33.3 Å². The monoisotopic (exact) mass is 462 g/mol. The first-order valence-corrected chi connectivity index (χ1v) is 11.3. The Balaban J connectivity index is 1.50. The minimum Gasteiger partial charge on any atom is -0.388 e. The highest BCUT2D eigenvalue weighted by molar-refractivity contribution is 5.14. The molecule has 3 aliphatic rings. The predicted octanol–water partition coefficient (Wildman–Crippen LogP) is 3.05. The molecule has 33 heavy (non-hydrogen) atoms. The Morgan fingerprint density at radius 2 is 1.73 bits per heavy atom. The molecule has 3 saturated heterocycles. The molecule has 7 atom stereocenters. The first-order chi connectivity index (χ1) is 15.7. The maximum absolute atomic E-state index is 10.3. The number of hydrogen-bond acceptors (Lipinski definition) is 8. The fraction of sp³-hybridized carbons (Fsp3) is 0.600. The van der Waals surface area contributed by atoms with Crippen LogP contribution in [0.3, 0.4) is 0 Å². The van der Waals surface area contributed by atoms with Gasteiger partial charge in [0.1, 0.15) is 30.5 Å². The van der Waals surface area contributed by atoms with Crippen LogP contribution >= 0.6 is 0 Å². The molecule has 3 heterocycles. The molecule has 1 aromatic carbocycles. The van der Waals surface area contributed by atoms with Gasteiger partial charge >= 0.3 is 0 Å². The largest absolute Gasteiger partial charge is 0.388 e. The highest BCUT2D eigenvalue weighted by Gasteiger charge is 2.55. The fourth-order valence-corrected chi connectivity index (χ4v) is 4.26. The van der Waals surface area contributed by atoms with Crippen molar-refractivity contribution in [2.45, 2.75) is 89.0 Å². The summed E-state index contributed by atoms with van der Waals surface area (Å²) in [6.07, 6.45) is 0.727. The van der Waals surface area contributed by atoms with E-state index in [0.29, 0.717) is 6.61 Å². The van der Waals surface area contributed by atoms with Gasteiger partial charge in [-0.25, -0.2) is 0 Å². The summed E-state index contributed by atoms with van der Waals surface area (Å²) in [6.45, 7) is 11.4. The minimum absolute atomic E-state index is 0.0667. The summed E-state index contributed by atoms with van der Waals surface area (Å²) in [5, 5.41) is 10.3. The van der Waals surface area contributed by atoms with Crippen LogP contribution in [-0.4, -0.2) is 66.4 Å². The first-order valence-electron chi connectivity index (χ1n) is 11.3. The van der Waals surface area contributed by atoms with E-state index in [9.17, 15) is 5.11 Å². The molecule has 0 spiro atoms. The number of hydrogen-bond donors (Lipinski definition) is 1. The van der Waals surface area contributed by atoms with Gasteiger partial charge in [0, 0.05) is 0 Å². The van der Waals surface area contributed by atoms with E-state index in [4.69, 9.17) is 33.2 Å². The van der Waals surface area contributed by atoms with E-state index in [1.54, 1.807) is 26.0 Å². The highest BCUT2D eigenvalue weighted by atomic mass is 16.9. The van der Waals surface area contributed by atoms with Crippen LogP contribution in [0.4, 0.5) is 0 Å². The van der Waals surface area contributed by atoms with Crippen molar-refractivity contribution in [3.8, 4) is 0 Å². The lowest BCUT2D eigenvalue weighted by Crippen LogP contribution is -2.54. The zero-order chi connectivity index (χ0) is 23.6. The van der Waals surface area contributed by atoms with E-state index >= 15 is 0 Å². The fourth-order valence-electron chi connectivity index (χ4n) is 4.26. The van der Waals surface area contributed by atoms with Crippen molar-refractivity contribution in [1.29, 1.82) is 0 Å². The molecule has 8 heteroatoms. The summed E-state index contributed by atoms with van der Waals surface area (Å²) < 4.78 is 42.3. The normalized spacial score (nSPS) is 36.0. The van der Waals surface area contributed by atoms with Crippen molar-refractivity contribution in [3.05, 3.63) is 60.7 Å². The van der Waals surface area contributed by atoms with E-state index in [-0.39, 0.29) is 6.61 Å². The molecule has 0 aromatic heterocycles. The van der Waals surface area contributed by atoms with E-state index in [0.717, 1.165) is 5.56 Å². The maximum Gasteiger partial charge on any atom is 0.193 e. The van der Waals surface area contributed by atoms with E-state index < -0.39 is 54.7 Å². The molecule has 1 N–H and O–H groups in total. The van der Waals surface area contributed by atoms with Gasteiger partial charge in [0.05, 0.1) is 13.2 Å². The third-order valence-corrected chi connectivity index (χ3v) is 5.64. The van der Waals surface area contributed by atoms with Crippen molar-refractivity contribution in [1.82, 2.24) is 0 Å². The molecule has 0 radical (unpaired) electrons. The van der Waals surface area contributed by atoms with Crippen molar-refractivity contribution in [3.63, 3.8) is 0 Å². The van der Waals surface area contributed by atoms with Crippen molar-refractivity contribution < 1.29 is 38.3 Å². The second-order valence-corrected chi connectivity index (χ2v) is 9.32. The summed E-state index contributed by atoms with van der Waals surface area (Å²) in [4.78, 5) is 0. The molecular weight excluding hydrogens is 428 g/mol. The second-order valence-electron chi connectivity index (χ2n) is 9.32. The Bertz CT molecular complexity index is 823. The van der Waals surface area contributed by atoms with Crippen molar-refractivity contribution in [2.24, 2.45) is 0 Å². The lowest BCUT2D eigenvalue weighted by atomic mass is 10.1. The predicted molar refractivity (Wildman–Crippen MR) is 119 cm³/mol. The standard InChI is InChI=1S/C25H34O8/c1-6-7-13-18(27-14-16-11-9-8-10-12-16)20-23(33-25(4,5)31-20)29-22-21-19(17(26)15-28-22)30-24(2,3)32-21/h6-13,17-23,26H,1,14-15H2,2-5H3/b13-7+/t17-,18-,19-,20-,21+,22?,23-/m1/s1. The van der Waals surface area contributed by atoms with Gasteiger partial charge in [-0.2, -0.15) is 0 Å². The Hall–Kier alpha value is -1.62. The third kappa shape index (κ3) is 5.90. The Labute approximate surface area is 195 Å². The number of ether oxygens (including phenoxy) is 7. The average Bonchev–Trinajstić information content (AvgIpc) is 3.26. The van der Waals surface area contributed by atoms with Gasteiger partial charge in [-0.3, -0.25) is 0 Å². The van der Waals surface area contributed by atoms with Crippen LogP contribution in [0.25, 0.3) is 0 Å². The topological polar surface area (TPSA) is 84.8 Å². The minimum atomic E-state index is -0.897. The van der Waals surface area contributed by atoms with Crippen LogP contribution in [0.5, 0.6) is 0 Å². The van der Waals surface area contributed by atoms with E-state index in [1.165, 1.54) is 0 Å².